The maximum atomic E-state index is 13.3. The molecule has 1 atom stereocenters. The van der Waals surface area contributed by atoms with Crippen LogP contribution in [0.3, 0.4) is 0 Å². The predicted molar refractivity (Wildman–Crippen MR) is 80.0 cm³/mol. The number of hydrogen-bond donors (Lipinski definition) is 1. The summed E-state index contributed by atoms with van der Waals surface area (Å²) >= 11 is 3.61. The van der Waals surface area contributed by atoms with Crippen LogP contribution in [0.15, 0.2) is 40.9 Å². The lowest BCUT2D eigenvalue weighted by Crippen LogP contribution is -2.18. The molecule has 0 amide bonds. The van der Waals surface area contributed by atoms with E-state index in [9.17, 15) is 4.39 Å². The first-order chi connectivity index (χ1) is 9.13. The second kappa shape index (κ2) is 4.97. The van der Waals surface area contributed by atoms with Crippen LogP contribution in [0, 0.1) is 12.7 Å². The molecule has 3 heteroatoms. The SMILES string of the molecule is Cc1cc(Br)c2c(c1)CCC(c1cccc(F)c1)N2. The second-order valence-corrected chi connectivity index (χ2v) is 5.93. The Morgan fingerprint density at radius 3 is 2.89 bits per heavy atom. The van der Waals surface area contributed by atoms with Gasteiger partial charge in [0.2, 0.25) is 0 Å². The molecule has 1 heterocycles. The zero-order valence-electron chi connectivity index (χ0n) is 10.7. The van der Waals surface area contributed by atoms with Gasteiger partial charge in [-0.25, -0.2) is 4.39 Å². The number of nitrogens with one attached hydrogen (secondary N) is 1. The molecule has 0 bridgehead atoms. The molecule has 2 aromatic carbocycles. The maximum absolute atomic E-state index is 13.3. The van der Waals surface area contributed by atoms with E-state index in [0.29, 0.717) is 0 Å². The van der Waals surface area contributed by atoms with Crippen molar-refractivity contribution < 1.29 is 4.39 Å². The lowest BCUT2D eigenvalue weighted by atomic mass is 9.92. The molecule has 3 rings (SSSR count). The quantitative estimate of drug-likeness (QED) is 0.780. The molecule has 1 aliphatic rings. The molecule has 98 valence electrons. The first-order valence-electron chi connectivity index (χ1n) is 6.44. The van der Waals surface area contributed by atoms with Gasteiger partial charge >= 0.3 is 0 Å². The lowest BCUT2D eigenvalue weighted by molar-refractivity contribution is 0.614. The van der Waals surface area contributed by atoms with E-state index >= 15 is 0 Å². The Balaban J connectivity index is 1.94. The molecule has 0 aliphatic carbocycles. The first-order valence-corrected chi connectivity index (χ1v) is 7.24. The molecule has 2 aromatic rings. The average Bonchev–Trinajstić information content (AvgIpc) is 2.38. The van der Waals surface area contributed by atoms with Crippen molar-refractivity contribution in [2.75, 3.05) is 5.32 Å². The summed E-state index contributed by atoms with van der Waals surface area (Å²) in [5.74, 6) is -0.173. The van der Waals surface area contributed by atoms with Crippen LogP contribution in [0.1, 0.15) is 29.2 Å². The summed E-state index contributed by atoms with van der Waals surface area (Å²) in [4.78, 5) is 0. The first kappa shape index (κ1) is 12.7. The number of benzene rings is 2. The van der Waals surface area contributed by atoms with E-state index in [1.54, 1.807) is 12.1 Å². The Bertz CT molecular complexity index is 624. The van der Waals surface area contributed by atoms with Crippen LogP contribution in [0.5, 0.6) is 0 Å². The summed E-state index contributed by atoms with van der Waals surface area (Å²) < 4.78 is 14.4. The molecule has 1 N–H and O–H groups in total. The van der Waals surface area contributed by atoms with Crippen molar-refractivity contribution in [1.82, 2.24) is 0 Å². The molecule has 1 nitrogen and oxygen atoms in total. The Morgan fingerprint density at radius 2 is 2.11 bits per heavy atom. The van der Waals surface area contributed by atoms with E-state index in [4.69, 9.17) is 0 Å². The van der Waals surface area contributed by atoms with Gasteiger partial charge in [-0.1, -0.05) is 18.2 Å². The molecule has 0 aromatic heterocycles. The van der Waals surface area contributed by atoms with E-state index in [2.05, 4.69) is 40.3 Å². The van der Waals surface area contributed by atoms with E-state index in [0.717, 1.165) is 28.6 Å². The van der Waals surface area contributed by atoms with Crippen LogP contribution in [0.25, 0.3) is 0 Å². The van der Waals surface area contributed by atoms with E-state index in [1.165, 1.54) is 17.2 Å². The molecule has 0 saturated heterocycles. The van der Waals surface area contributed by atoms with E-state index in [1.807, 2.05) is 6.07 Å². The van der Waals surface area contributed by atoms with Gasteiger partial charge in [0.05, 0.1) is 11.7 Å². The minimum Gasteiger partial charge on any atom is -0.377 e. The fourth-order valence-corrected chi connectivity index (χ4v) is 3.42. The molecule has 0 spiro atoms. The van der Waals surface area contributed by atoms with Crippen LogP contribution < -0.4 is 5.32 Å². The van der Waals surface area contributed by atoms with Crippen molar-refractivity contribution >= 4 is 21.6 Å². The van der Waals surface area contributed by atoms with Gasteiger partial charge in [-0.15, -0.1) is 0 Å². The number of halogens is 2. The molecular formula is C16H15BrFN. The van der Waals surface area contributed by atoms with Crippen molar-refractivity contribution in [2.45, 2.75) is 25.8 Å². The Labute approximate surface area is 121 Å². The molecule has 0 radical (unpaired) electrons. The van der Waals surface area contributed by atoms with Crippen LogP contribution in [-0.4, -0.2) is 0 Å². The molecule has 19 heavy (non-hydrogen) atoms. The normalized spacial score (nSPS) is 17.7. The van der Waals surface area contributed by atoms with Crippen molar-refractivity contribution in [3.05, 3.63) is 63.4 Å². The zero-order chi connectivity index (χ0) is 13.4. The number of fused-ring (bicyclic) bond motifs is 1. The van der Waals surface area contributed by atoms with Crippen LogP contribution >= 0.6 is 15.9 Å². The van der Waals surface area contributed by atoms with Gasteiger partial charge in [-0.2, -0.15) is 0 Å². The molecule has 0 fully saturated rings. The van der Waals surface area contributed by atoms with Crippen molar-refractivity contribution in [2.24, 2.45) is 0 Å². The molecule has 1 aliphatic heterocycles. The summed E-state index contributed by atoms with van der Waals surface area (Å²) in [6, 6.07) is 11.4. The topological polar surface area (TPSA) is 12.0 Å². The van der Waals surface area contributed by atoms with Crippen molar-refractivity contribution in [3.8, 4) is 0 Å². The molecule has 1 unspecified atom stereocenters. The Kier molecular flexibility index (Phi) is 3.31. The van der Waals surface area contributed by atoms with Crippen molar-refractivity contribution in [1.29, 1.82) is 0 Å². The zero-order valence-corrected chi connectivity index (χ0v) is 12.3. The fraction of sp³-hybridized carbons (Fsp3) is 0.250. The number of anilines is 1. The maximum Gasteiger partial charge on any atom is 0.123 e. The predicted octanol–water partition coefficient (Wildman–Crippen LogP) is 5.00. The smallest absolute Gasteiger partial charge is 0.123 e. The summed E-state index contributed by atoms with van der Waals surface area (Å²) in [5.41, 5.74) is 4.75. The third kappa shape index (κ3) is 2.52. The van der Waals surface area contributed by atoms with Gasteiger partial charge in [0, 0.05) is 4.47 Å². The minimum absolute atomic E-state index is 0.173. The third-order valence-corrected chi connectivity index (χ3v) is 4.21. The van der Waals surface area contributed by atoms with Gasteiger partial charge in [-0.05, 0) is 70.6 Å². The largest absolute Gasteiger partial charge is 0.377 e. The van der Waals surface area contributed by atoms with Gasteiger partial charge in [0.25, 0.3) is 0 Å². The van der Waals surface area contributed by atoms with Crippen molar-refractivity contribution in [3.63, 3.8) is 0 Å². The lowest BCUT2D eigenvalue weighted by Gasteiger charge is -2.28. The van der Waals surface area contributed by atoms with Crippen LogP contribution in [0.2, 0.25) is 0 Å². The average molecular weight is 320 g/mol. The van der Waals surface area contributed by atoms with E-state index < -0.39 is 0 Å². The summed E-state index contributed by atoms with van der Waals surface area (Å²) in [6.45, 7) is 2.10. The minimum atomic E-state index is -0.173. The van der Waals surface area contributed by atoms with E-state index in [-0.39, 0.29) is 11.9 Å². The molecular weight excluding hydrogens is 305 g/mol. The number of hydrogen-bond acceptors (Lipinski definition) is 1. The van der Waals surface area contributed by atoms with Crippen LogP contribution in [0.4, 0.5) is 10.1 Å². The van der Waals surface area contributed by atoms with Gasteiger partial charge < -0.3 is 5.32 Å². The highest BCUT2D eigenvalue weighted by Gasteiger charge is 2.21. The highest BCUT2D eigenvalue weighted by molar-refractivity contribution is 9.10. The monoisotopic (exact) mass is 319 g/mol. The highest BCUT2D eigenvalue weighted by Crippen LogP contribution is 2.38. The van der Waals surface area contributed by atoms with Gasteiger partial charge in [0.1, 0.15) is 5.82 Å². The fourth-order valence-electron chi connectivity index (χ4n) is 2.69. The Hall–Kier alpha value is -1.35. The second-order valence-electron chi connectivity index (χ2n) is 5.07. The van der Waals surface area contributed by atoms with Crippen LogP contribution in [-0.2, 0) is 6.42 Å². The van der Waals surface area contributed by atoms with Gasteiger partial charge in [-0.3, -0.25) is 0 Å². The Morgan fingerprint density at radius 1 is 1.26 bits per heavy atom. The summed E-state index contributed by atoms with van der Waals surface area (Å²) in [7, 11) is 0. The third-order valence-electron chi connectivity index (χ3n) is 3.59. The number of aryl methyl sites for hydroxylation is 2. The van der Waals surface area contributed by atoms with Gasteiger partial charge in [0.15, 0.2) is 0 Å². The molecule has 0 saturated carbocycles. The number of rotatable bonds is 1. The standard InChI is InChI=1S/C16H15BrFN/c1-10-7-12-5-6-15(19-16(12)14(17)8-10)11-3-2-4-13(18)9-11/h2-4,7-9,15,19H,5-6H2,1H3. The summed E-state index contributed by atoms with van der Waals surface area (Å²) in [5, 5.41) is 3.52. The summed E-state index contributed by atoms with van der Waals surface area (Å²) in [6.07, 6.45) is 2.01. The highest BCUT2D eigenvalue weighted by atomic mass is 79.9.